The quantitative estimate of drug-likeness (QED) is 0.829. The van der Waals surface area contributed by atoms with Gasteiger partial charge in [0.2, 0.25) is 10.0 Å². The van der Waals surface area contributed by atoms with Crippen molar-refractivity contribution in [3.8, 4) is 0 Å². The van der Waals surface area contributed by atoms with E-state index in [0.717, 1.165) is 11.4 Å². The van der Waals surface area contributed by atoms with Crippen LogP contribution in [0.2, 0.25) is 0 Å². The Labute approximate surface area is 126 Å². The first kappa shape index (κ1) is 13.8. The second-order valence-corrected chi connectivity index (χ2v) is 7.57. The molecular weight excluding hydrogens is 342 g/mol. The maximum atomic E-state index is 12.7. The summed E-state index contributed by atoms with van der Waals surface area (Å²) in [7, 11) is -3.50. The fraction of sp³-hybridized carbons (Fsp3) is 0.308. The molecule has 1 aliphatic heterocycles. The molecular formula is C13H14BrN3O2S. The summed E-state index contributed by atoms with van der Waals surface area (Å²) in [6, 6.07) is 5.27. The van der Waals surface area contributed by atoms with Crippen molar-refractivity contribution in [1.82, 2.24) is 13.9 Å². The highest BCUT2D eigenvalue weighted by molar-refractivity contribution is 9.10. The smallest absolute Gasteiger partial charge is 0.244 e. The second-order valence-electron chi connectivity index (χ2n) is 4.81. The van der Waals surface area contributed by atoms with Gasteiger partial charge in [-0.3, -0.25) is 0 Å². The Morgan fingerprint density at radius 2 is 2.10 bits per heavy atom. The van der Waals surface area contributed by atoms with Gasteiger partial charge in [-0.2, -0.15) is 4.31 Å². The van der Waals surface area contributed by atoms with Gasteiger partial charge in [0.1, 0.15) is 5.82 Å². The first-order valence-corrected chi connectivity index (χ1v) is 8.48. The first-order chi connectivity index (χ1) is 9.48. The Balaban J connectivity index is 1.97. The lowest BCUT2D eigenvalue weighted by Crippen LogP contribution is -2.38. The molecule has 0 amide bonds. The average Bonchev–Trinajstić information content (AvgIpc) is 2.85. The Morgan fingerprint density at radius 3 is 2.85 bits per heavy atom. The number of hydrogen-bond donors (Lipinski definition) is 0. The van der Waals surface area contributed by atoms with Crippen molar-refractivity contribution >= 4 is 26.0 Å². The summed E-state index contributed by atoms with van der Waals surface area (Å²) in [5, 5.41) is 0. The number of hydrogen-bond acceptors (Lipinski definition) is 3. The van der Waals surface area contributed by atoms with Gasteiger partial charge in [-0.05, 0) is 40.5 Å². The molecule has 7 heteroatoms. The summed E-state index contributed by atoms with van der Waals surface area (Å²) in [5.74, 6) is 0.781. The molecule has 2 heterocycles. The second kappa shape index (κ2) is 4.98. The molecule has 1 aromatic carbocycles. The van der Waals surface area contributed by atoms with E-state index in [4.69, 9.17) is 0 Å². The normalized spacial score (nSPS) is 16.1. The van der Waals surface area contributed by atoms with Crippen molar-refractivity contribution in [2.75, 3.05) is 6.54 Å². The molecule has 0 atom stereocenters. The molecule has 0 saturated heterocycles. The Bertz CT molecular complexity index is 755. The van der Waals surface area contributed by atoms with Crippen molar-refractivity contribution in [2.24, 2.45) is 0 Å². The number of sulfonamides is 1. The summed E-state index contributed by atoms with van der Waals surface area (Å²) >= 11 is 3.35. The third-order valence-corrected chi connectivity index (χ3v) is 6.24. The molecule has 1 aromatic heterocycles. The first-order valence-electron chi connectivity index (χ1n) is 6.25. The standard InChI is InChI=1S/C13H14BrN3O2S/c1-10-2-3-12(11(14)8-10)20(18,19)17-7-6-16-5-4-15-13(16)9-17/h2-5,8H,6-7,9H2,1H3. The zero-order valence-corrected chi connectivity index (χ0v) is 13.4. The topological polar surface area (TPSA) is 55.2 Å². The number of imidazole rings is 1. The fourth-order valence-electron chi connectivity index (χ4n) is 2.31. The molecule has 0 aliphatic carbocycles. The van der Waals surface area contributed by atoms with Gasteiger partial charge in [0, 0.05) is 30.0 Å². The maximum Gasteiger partial charge on any atom is 0.244 e. The monoisotopic (exact) mass is 355 g/mol. The fourth-order valence-corrected chi connectivity index (χ4v) is 4.85. The van der Waals surface area contributed by atoms with Crippen LogP contribution in [0.25, 0.3) is 0 Å². The van der Waals surface area contributed by atoms with E-state index in [-0.39, 0.29) is 0 Å². The van der Waals surface area contributed by atoms with E-state index >= 15 is 0 Å². The molecule has 5 nitrogen and oxygen atoms in total. The SMILES string of the molecule is Cc1ccc(S(=O)(=O)N2CCn3ccnc3C2)c(Br)c1. The van der Waals surface area contributed by atoms with Crippen LogP contribution < -0.4 is 0 Å². The molecule has 0 spiro atoms. The minimum absolute atomic E-state index is 0.308. The van der Waals surface area contributed by atoms with E-state index in [9.17, 15) is 8.42 Å². The van der Waals surface area contributed by atoms with Crippen LogP contribution in [-0.2, 0) is 23.1 Å². The third kappa shape index (κ3) is 2.30. The number of fused-ring (bicyclic) bond motifs is 1. The number of rotatable bonds is 2. The highest BCUT2D eigenvalue weighted by Crippen LogP contribution is 2.28. The van der Waals surface area contributed by atoms with Crippen molar-refractivity contribution in [3.05, 3.63) is 46.5 Å². The van der Waals surface area contributed by atoms with Gasteiger partial charge in [-0.25, -0.2) is 13.4 Å². The van der Waals surface area contributed by atoms with Gasteiger partial charge < -0.3 is 4.57 Å². The molecule has 0 fully saturated rings. The van der Waals surface area contributed by atoms with Crippen LogP contribution in [0.15, 0.2) is 40.0 Å². The van der Waals surface area contributed by atoms with Crippen LogP contribution >= 0.6 is 15.9 Å². The van der Waals surface area contributed by atoms with Crippen LogP contribution in [0.1, 0.15) is 11.4 Å². The molecule has 0 saturated carbocycles. The van der Waals surface area contributed by atoms with Crippen molar-refractivity contribution in [1.29, 1.82) is 0 Å². The molecule has 0 bridgehead atoms. The lowest BCUT2D eigenvalue weighted by atomic mass is 10.2. The van der Waals surface area contributed by atoms with Gasteiger partial charge >= 0.3 is 0 Å². The van der Waals surface area contributed by atoms with E-state index in [2.05, 4.69) is 20.9 Å². The zero-order valence-electron chi connectivity index (χ0n) is 11.0. The average molecular weight is 356 g/mol. The van der Waals surface area contributed by atoms with Gasteiger partial charge in [0.25, 0.3) is 0 Å². The van der Waals surface area contributed by atoms with Gasteiger partial charge in [0.15, 0.2) is 0 Å². The largest absolute Gasteiger partial charge is 0.333 e. The molecule has 20 heavy (non-hydrogen) atoms. The minimum atomic E-state index is -3.50. The molecule has 2 aromatic rings. The van der Waals surface area contributed by atoms with Crippen molar-refractivity contribution < 1.29 is 8.42 Å². The third-order valence-electron chi connectivity index (χ3n) is 3.41. The van der Waals surface area contributed by atoms with Gasteiger partial charge in [-0.15, -0.1) is 0 Å². The van der Waals surface area contributed by atoms with E-state index in [1.54, 1.807) is 12.3 Å². The predicted octanol–water partition coefficient (Wildman–Crippen LogP) is 2.16. The summed E-state index contributed by atoms with van der Waals surface area (Å²) in [4.78, 5) is 4.50. The van der Waals surface area contributed by atoms with E-state index in [0.29, 0.717) is 29.0 Å². The summed E-state index contributed by atoms with van der Waals surface area (Å²) in [6.07, 6.45) is 3.58. The number of benzene rings is 1. The Kier molecular flexibility index (Phi) is 3.43. The van der Waals surface area contributed by atoms with Crippen molar-refractivity contribution in [2.45, 2.75) is 24.9 Å². The summed E-state index contributed by atoms with van der Waals surface area (Å²) < 4.78 is 29.5. The van der Waals surface area contributed by atoms with Crippen LogP contribution in [0.5, 0.6) is 0 Å². The molecule has 0 radical (unpaired) electrons. The molecule has 0 unspecified atom stereocenters. The van der Waals surface area contributed by atoms with Crippen LogP contribution in [0.3, 0.4) is 0 Å². The number of aromatic nitrogens is 2. The molecule has 0 N–H and O–H groups in total. The molecule has 106 valence electrons. The van der Waals surface area contributed by atoms with E-state index < -0.39 is 10.0 Å². The van der Waals surface area contributed by atoms with Crippen LogP contribution in [-0.4, -0.2) is 28.8 Å². The Morgan fingerprint density at radius 1 is 1.30 bits per heavy atom. The number of halogens is 1. The van der Waals surface area contributed by atoms with Crippen molar-refractivity contribution in [3.63, 3.8) is 0 Å². The van der Waals surface area contributed by atoms with E-state index in [1.807, 2.05) is 29.8 Å². The summed E-state index contributed by atoms with van der Waals surface area (Å²) in [5.41, 5.74) is 1.02. The molecule has 1 aliphatic rings. The highest BCUT2D eigenvalue weighted by Gasteiger charge is 2.30. The van der Waals surface area contributed by atoms with Crippen LogP contribution in [0, 0.1) is 6.92 Å². The van der Waals surface area contributed by atoms with Crippen LogP contribution in [0.4, 0.5) is 0 Å². The lowest BCUT2D eigenvalue weighted by Gasteiger charge is -2.27. The minimum Gasteiger partial charge on any atom is -0.333 e. The Hall–Kier alpha value is -1.18. The zero-order chi connectivity index (χ0) is 14.3. The van der Waals surface area contributed by atoms with Gasteiger partial charge in [-0.1, -0.05) is 6.07 Å². The predicted molar refractivity (Wildman–Crippen MR) is 78.7 cm³/mol. The van der Waals surface area contributed by atoms with E-state index in [1.165, 1.54) is 4.31 Å². The maximum absolute atomic E-state index is 12.7. The number of nitrogens with zero attached hydrogens (tertiary/aromatic N) is 3. The summed E-state index contributed by atoms with van der Waals surface area (Å²) in [6.45, 7) is 3.35. The molecule has 3 rings (SSSR count). The highest BCUT2D eigenvalue weighted by atomic mass is 79.9. The van der Waals surface area contributed by atoms with Gasteiger partial charge in [0.05, 0.1) is 11.4 Å². The number of aryl methyl sites for hydroxylation is 1. The lowest BCUT2D eigenvalue weighted by molar-refractivity contribution is 0.335.